The standard InChI is InChI=1S/C18H19F3N4O3S/c1-23-13-14(12-22-23)6-7-17(26)24-8-10-25(11-9-24)29(27,28)16-5-3-2-4-15(16)18(19,20)21/h2-7,12-13H,8-11H2,1H3. The highest BCUT2D eigenvalue weighted by molar-refractivity contribution is 7.89. The Balaban J connectivity index is 1.69. The molecule has 1 aromatic carbocycles. The van der Waals surface area contributed by atoms with Crippen LogP contribution in [0, 0.1) is 0 Å². The number of benzene rings is 1. The topological polar surface area (TPSA) is 75.5 Å². The normalized spacial score (nSPS) is 16.5. The first kappa shape index (κ1) is 21.1. The van der Waals surface area contributed by atoms with Crippen molar-refractivity contribution >= 4 is 22.0 Å². The molecule has 0 bridgehead atoms. The number of hydrogen-bond donors (Lipinski definition) is 0. The molecule has 0 N–H and O–H groups in total. The quantitative estimate of drug-likeness (QED) is 0.698. The number of amides is 1. The van der Waals surface area contributed by atoms with Gasteiger partial charge in [-0.1, -0.05) is 12.1 Å². The van der Waals surface area contributed by atoms with E-state index in [4.69, 9.17) is 0 Å². The summed E-state index contributed by atoms with van der Waals surface area (Å²) in [7, 11) is -2.59. The fraction of sp³-hybridized carbons (Fsp3) is 0.333. The summed E-state index contributed by atoms with van der Waals surface area (Å²) in [5.41, 5.74) is -0.455. The Bertz CT molecular complexity index is 1020. The van der Waals surface area contributed by atoms with Gasteiger partial charge in [-0.15, -0.1) is 0 Å². The maximum atomic E-state index is 13.2. The van der Waals surface area contributed by atoms with Crippen LogP contribution in [0.2, 0.25) is 0 Å². The zero-order chi connectivity index (χ0) is 21.2. The summed E-state index contributed by atoms with van der Waals surface area (Å²) < 4.78 is 67.6. The predicted octanol–water partition coefficient (Wildman–Crippen LogP) is 1.99. The van der Waals surface area contributed by atoms with Crippen molar-refractivity contribution in [1.82, 2.24) is 19.0 Å². The van der Waals surface area contributed by atoms with Crippen molar-refractivity contribution in [1.29, 1.82) is 0 Å². The summed E-state index contributed by atoms with van der Waals surface area (Å²) in [4.78, 5) is 13.0. The van der Waals surface area contributed by atoms with Gasteiger partial charge in [0.1, 0.15) is 0 Å². The summed E-state index contributed by atoms with van der Waals surface area (Å²) in [5, 5.41) is 3.98. The number of hydrogen-bond acceptors (Lipinski definition) is 4. The smallest absolute Gasteiger partial charge is 0.337 e. The number of halogens is 3. The van der Waals surface area contributed by atoms with Crippen molar-refractivity contribution in [2.45, 2.75) is 11.1 Å². The van der Waals surface area contributed by atoms with E-state index in [1.54, 1.807) is 30.2 Å². The maximum absolute atomic E-state index is 13.2. The average molecular weight is 428 g/mol. The molecule has 0 aliphatic carbocycles. The number of carbonyl (C=O) groups excluding carboxylic acids is 1. The van der Waals surface area contributed by atoms with Crippen LogP contribution in [0.25, 0.3) is 6.08 Å². The molecule has 7 nitrogen and oxygen atoms in total. The van der Waals surface area contributed by atoms with E-state index in [1.807, 2.05) is 0 Å². The van der Waals surface area contributed by atoms with E-state index < -0.39 is 26.7 Å². The molecule has 3 rings (SSSR count). The maximum Gasteiger partial charge on any atom is 0.417 e. The lowest BCUT2D eigenvalue weighted by Gasteiger charge is -2.33. The van der Waals surface area contributed by atoms with Crippen LogP contribution in [0.1, 0.15) is 11.1 Å². The second kappa shape index (κ2) is 7.99. The van der Waals surface area contributed by atoms with Crippen LogP contribution in [0.15, 0.2) is 47.6 Å². The van der Waals surface area contributed by atoms with E-state index in [-0.39, 0.29) is 32.1 Å². The summed E-state index contributed by atoms with van der Waals surface area (Å²) >= 11 is 0. The van der Waals surface area contributed by atoms with Gasteiger partial charge in [0.25, 0.3) is 0 Å². The molecule has 1 aliphatic heterocycles. The van der Waals surface area contributed by atoms with E-state index >= 15 is 0 Å². The third kappa shape index (κ3) is 4.67. The Hall–Kier alpha value is -2.66. The van der Waals surface area contributed by atoms with Gasteiger partial charge in [0.2, 0.25) is 15.9 Å². The number of sulfonamides is 1. The van der Waals surface area contributed by atoms with Crippen molar-refractivity contribution in [2.24, 2.45) is 7.05 Å². The lowest BCUT2D eigenvalue weighted by molar-refractivity contribution is -0.139. The summed E-state index contributed by atoms with van der Waals surface area (Å²) in [5.74, 6) is -0.304. The van der Waals surface area contributed by atoms with Gasteiger partial charge in [0.05, 0.1) is 16.7 Å². The first-order chi connectivity index (χ1) is 13.6. The minimum absolute atomic E-state index is 0.0823. The molecule has 1 amide bonds. The summed E-state index contributed by atoms with van der Waals surface area (Å²) in [6.07, 6.45) is 1.50. The monoisotopic (exact) mass is 428 g/mol. The van der Waals surface area contributed by atoms with E-state index in [0.29, 0.717) is 0 Å². The second-order valence-electron chi connectivity index (χ2n) is 6.50. The summed E-state index contributed by atoms with van der Waals surface area (Å²) in [6.45, 7) is 0.00918. The molecular weight excluding hydrogens is 409 g/mol. The number of piperazine rings is 1. The molecule has 1 saturated heterocycles. The number of nitrogens with zero attached hydrogens (tertiary/aromatic N) is 4. The molecule has 0 spiro atoms. The van der Waals surface area contributed by atoms with Gasteiger partial charge in [-0.05, 0) is 18.2 Å². The minimum atomic E-state index is -4.78. The number of carbonyl (C=O) groups is 1. The minimum Gasteiger partial charge on any atom is -0.337 e. The lowest BCUT2D eigenvalue weighted by atomic mass is 10.2. The number of alkyl halides is 3. The third-order valence-corrected chi connectivity index (χ3v) is 6.46. The molecule has 0 atom stereocenters. The van der Waals surface area contributed by atoms with Crippen LogP contribution in [0.3, 0.4) is 0 Å². The zero-order valence-electron chi connectivity index (χ0n) is 15.5. The number of aryl methyl sites for hydroxylation is 1. The van der Waals surface area contributed by atoms with Crippen LogP contribution < -0.4 is 0 Å². The molecule has 11 heteroatoms. The highest BCUT2D eigenvalue weighted by Crippen LogP contribution is 2.35. The SMILES string of the molecule is Cn1cc(C=CC(=O)N2CCN(S(=O)(=O)c3ccccc3C(F)(F)F)CC2)cn1. The van der Waals surface area contributed by atoms with Gasteiger partial charge in [0, 0.05) is 51.1 Å². The molecule has 0 radical (unpaired) electrons. The molecule has 2 aromatic rings. The Kier molecular flexibility index (Phi) is 5.80. The van der Waals surface area contributed by atoms with E-state index in [9.17, 15) is 26.4 Å². The van der Waals surface area contributed by atoms with Crippen molar-refractivity contribution < 1.29 is 26.4 Å². The number of aromatic nitrogens is 2. The molecule has 1 aliphatic rings. The average Bonchev–Trinajstić information content (AvgIpc) is 3.11. The largest absolute Gasteiger partial charge is 0.417 e. The van der Waals surface area contributed by atoms with Gasteiger partial charge >= 0.3 is 6.18 Å². The summed E-state index contributed by atoms with van der Waals surface area (Å²) in [6, 6.07) is 4.10. The molecule has 2 heterocycles. The fourth-order valence-corrected chi connectivity index (χ4v) is 4.65. The Labute approximate surface area is 166 Å². The zero-order valence-corrected chi connectivity index (χ0v) is 16.3. The molecule has 29 heavy (non-hydrogen) atoms. The first-order valence-electron chi connectivity index (χ1n) is 8.71. The molecule has 0 unspecified atom stereocenters. The highest BCUT2D eigenvalue weighted by atomic mass is 32.2. The van der Waals surface area contributed by atoms with Crippen LogP contribution in [0.4, 0.5) is 13.2 Å². The van der Waals surface area contributed by atoms with Crippen LogP contribution in [-0.2, 0) is 28.0 Å². The molecule has 1 aromatic heterocycles. The van der Waals surface area contributed by atoms with Crippen molar-refractivity contribution in [3.05, 3.63) is 53.9 Å². The van der Waals surface area contributed by atoms with Gasteiger partial charge in [0.15, 0.2) is 0 Å². The van der Waals surface area contributed by atoms with E-state index in [0.717, 1.165) is 28.1 Å². The molecular formula is C18H19F3N4O3S. The highest BCUT2D eigenvalue weighted by Gasteiger charge is 2.39. The van der Waals surface area contributed by atoms with Crippen LogP contribution in [-0.4, -0.2) is 59.5 Å². The van der Waals surface area contributed by atoms with Crippen molar-refractivity contribution in [2.75, 3.05) is 26.2 Å². The Morgan fingerprint density at radius 1 is 1.14 bits per heavy atom. The van der Waals surface area contributed by atoms with Gasteiger partial charge < -0.3 is 4.90 Å². The first-order valence-corrected chi connectivity index (χ1v) is 10.1. The van der Waals surface area contributed by atoms with Crippen LogP contribution in [0.5, 0.6) is 0 Å². The predicted molar refractivity (Wildman–Crippen MR) is 99.0 cm³/mol. The van der Waals surface area contributed by atoms with Crippen molar-refractivity contribution in [3.8, 4) is 0 Å². The lowest BCUT2D eigenvalue weighted by Crippen LogP contribution is -2.50. The second-order valence-corrected chi connectivity index (χ2v) is 8.41. The Morgan fingerprint density at radius 2 is 1.79 bits per heavy atom. The number of rotatable bonds is 4. The van der Waals surface area contributed by atoms with Crippen LogP contribution >= 0.6 is 0 Å². The fourth-order valence-electron chi connectivity index (χ4n) is 3.01. The molecule has 1 fully saturated rings. The van der Waals surface area contributed by atoms with Gasteiger partial charge in [-0.3, -0.25) is 9.48 Å². The molecule has 0 saturated carbocycles. The van der Waals surface area contributed by atoms with Crippen molar-refractivity contribution in [3.63, 3.8) is 0 Å². The van der Waals surface area contributed by atoms with E-state index in [1.165, 1.54) is 17.0 Å². The van der Waals surface area contributed by atoms with Gasteiger partial charge in [-0.25, -0.2) is 8.42 Å². The molecule has 156 valence electrons. The van der Waals surface area contributed by atoms with Gasteiger partial charge in [-0.2, -0.15) is 22.6 Å². The third-order valence-electron chi connectivity index (χ3n) is 4.50. The Morgan fingerprint density at radius 3 is 2.38 bits per heavy atom. The van der Waals surface area contributed by atoms with E-state index in [2.05, 4.69) is 5.10 Å².